The fourth-order valence-corrected chi connectivity index (χ4v) is 4.21. The summed E-state index contributed by atoms with van der Waals surface area (Å²) in [6.07, 6.45) is 1.69. The van der Waals surface area contributed by atoms with E-state index in [4.69, 9.17) is 4.42 Å². The van der Waals surface area contributed by atoms with Crippen molar-refractivity contribution in [3.63, 3.8) is 0 Å². The van der Waals surface area contributed by atoms with Gasteiger partial charge in [-0.3, -0.25) is 20.4 Å². The highest BCUT2D eigenvalue weighted by molar-refractivity contribution is 6.08. The molecule has 4 aromatic carbocycles. The molecule has 5 rings (SSSR count). The maximum absolute atomic E-state index is 13.1. The van der Waals surface area contributed by atoms with Crippen molar-refractivity contribution >= 4 is 33.6 Å². The van der Waals surface area contributed by atoms with E-state index in [1.54, 1.807) is 6.26 Å². The molecule has 0 atom stereocenters. The van der Waals surface area contributed by atoms with Crippen LogP contribution in [0.25, 0.3) is 21.7 Å². The number of nitrogens with one attached hydrogen (secondary N) is 2. The molecule has 0 spiro atoms. The Morgan fingerprint density at radius 1 is 0.727 bits per heavy atom. The van der Waals surface area contributed by atoms with Crippen LogP contribution in [-0.2, 0) is 16.0 Å². The van der Waals surface area contributed by atoms with Crippen molar-refractivity contribution in [2.45, 2.75) is 12.3 Å². The zero-order valence-electron chi connectivity index (χ0n) is 17.8. The summed E-state index contributed by atoms with van der Waals surface area (Å²) in [4.78, 5) is 25.8. The third-order valence-electron chi connectivity index (χ3n) is 5.74. The lowest BCUT2D eigenvalue weighted by atomic mass is 9.91. The lowest BCUT2D eigenvalue weighted by Gasteiger charge is -2.18. The molecule has 0 fully saturated rings. The van der Waals surface area contributed by atoms with Crippen LogP contribution in [0.2, 0.25) is 0 Å². The molecular formula is C28H22N2O3. The van der Waals surface area contributed by atoms with Gasteiger partial charge in [0, 0.05) is 10.9 Å². The van der Waals surface area contributed by atoms with Crippen molar-refractivity contribution in [2.75, 3.05) is 0 Å². The molecule has 0 unspecified atom stereocenters. The second-order valence-electron chi connectivity index (χ2n) is 7.89. The van der Waals surface area contributed by atoms with Crippen LogP contribution in [0.5, 0.6) is 0 Å². The summed E-state index contributed by atoms with van der Waals surface area (Å²) < 4.78 is 5.67. The number of carbonyl (C=O) groups is 2. The predicted octanol–water partition coefficient (Wildman–Crippen LogP) is 5.11. The van der Waals surface area contributed by atoms with Crippen molar-refractivity contribution in [1.29, 1.82) is 0 Å². The molecule has 2 N–H and O–H groups in total. The van der Waals surface area contributed by atoms with Gasteiger partial charge in [-0.2, -0.15) is 0 Å². The SMILES string of the molecule is O=C(Cc1coc2ccc3ccccc3c12)NNC(=O)C(c1ccccc1)c1ccccc1. The molecule has 5 heteroatoms. The number of hydrogen-bond donors (Lipinski definition) is 2. The predicted molar refractivity (Wildman–Crippen MR) is 128 cm³/mol. The van der Waals surface area contributed by atoms with Gasteiger partial charge >= 0.3 is 0 Å². The first-order valence-electron chi connectivity index (χ1n) is 10.8. The molecule has 5 aromatic rings. The molecule has 0 saturated heterocycles. The summed E-state index contributed by atoms with van der Waals surface area (Å²) >= 11 is 0. The number of hydrazine groups is 1. The Kier molecular flexibility index (Phi) is 5.60. The zero-order valence-corrected chi connectivity index (χ0v) is 17.8. The second kappa shape index (κ2) is 9.01. The summed E-state index contributed by atoms with van der Waals surface area (Å²) in [5, 5.41) is 3.03. The van der Waals surface area contributed by atoms with Crippen LogP contribution >= 0.6 is 0 Å². The van der Waals surface area contributed by atoms with Gasteiger partial charge in [-0.1, -0.05) is 91.0 Å². The van der Waals surface area contributed by atoms with Crippen molar-refractivity contribution in [3.8, 4) is 0 Å². The summed E-state index contributed by atoms with van der Waals surface area (Å²) in [7, 11) is 0. The van der Waals surface area contributed by atoms with Gasteiger partial charge in [0.05, 0.1) is 18.6 Å². The van der Waals surface area contributed by atoms with Gasteiger partial charge in [-0.05, 0) is 28.0 Å². The van der Waals surface area contributed by atoms with Crippen LogP contribution in [0, 0.1) is 0 Å². The fourth-order valence-electron chi connectivity index (χ4n) is 4.21. The Morgan fingerprint density at radius 3 is 2.06 bits per heavy atom. The third kappa shape index (κ3) is 4.21. The van der Waals surface area contributed by atoms with Crippen molar-refractivity contribution in [3.05, 3.63) is 120 Å². The van der Waals surface area contributed by atoms with Crippen LogP contribution in [0.1, 0.15) is 22.6 Å². The first-order valence-corrected chi connectivity index (χ1v) is 10.8. The van der Waals surface area contributed by atoms with E-state index >= 15 is 0 Å². The molecular weight excluding hydrogens is 412 g/mol. The van der Waals surface area contributed by atoms with Crippen molar-refractivity contribution in [2.24, 2.45) is 0 Å². The number of furan rings is 1. The highest BCUT2D eigenvalue weighted by Crippen LogP contribution is 2.30. The summed E-state index contributed by atoms with van der Waals surface area (Å²) in [5.41, 5.74) is 8.39. The smallest absolute Gasteiger partial charge is 0.250 e. The monoisotopic (exact) mass is 434 g/mol. The molecule has 162 valence electrons. The Morgan fingerprint density at radius 2 is 1.36 bits per heavy atom. The van der Waals surface area contributed by atoms with Crippen molar-refractivity contribution < 1.29 is 14.0 Å². The number of hydrogen-bond acceptors (Lipinski definition) is 3. The average Bonchev–Trinajstić information content (AvgIpc) is 3.27. The Bertz CT molecular complexity index is 1390. The van der Waals surface area contributed by atoms with Crippen LogP contribution in [0.3, 0.4) is 0 Å². The van der Waals surface area contributed by atoms with Gasteiger partial charge in [0.1, 0.15) is 5.58 Å². The molecule has 0 radical (unpaired) electrons. The summed E-state index contributed by atoms with van der Waals surface area (Å²) in [5.74, 6) is -1.16. The quantitative estimate of drug-likeness (QED) is 0.378. The minimum atomic E-state index is -0.536. The van der Waals surface area contributed by atoms with E-state index in [2.05, 4.69) is 10.9 Å². The molecule has 0 aliphatic rings. The molecule has 5 nitrogen and oxygen atoms in total. The number of fused-ring (bicyclic) bond motifs is 3. The zero-order chi connectivity index (χ0) is 22.6. The van der Waals surface area contributed by atoms with Gasteiger partial charge in [0.15, 0.2) is 0 Å². The molecule has 1 heterocycles. The number of benzene rings is 4. The Balaban J connectivity index is 1.33. The van der Waals surface area contributed by atoms with Crippen LogP contribution in [-0.4, -0.2) is 11.8 Å². The van der Waals surface area contributed by atoms with E-state index < -0.39 is 5.92 Å². The molecule has 1 aromatic heterocycles. The van der Waals surface area contributed by atoms with E-state index in [0.29, 0.717) is 0 Å². The largest absolute Gasteiger partial charge is 0.464 e. The maximum Gasteiger partial charge on any atom is 0.250 e. The van der Waals surface area contributed by atoms with Crippen LogP contribution in [0.4, 0.5) is 0 Å². The lowest BCUT2D eigenvalue weighted by Crippen LogP contribution is -2.44. The van der Waals surface area contributed by atoms with Gasteiger partial charge in [-0.15, -0.1) is 0 Å². The molecule has 0 bridgehead atoms. The average molecular weight is 434 g/mol. The van der Waals surface area contributed by atoms with Gasteiger partial charge in [0.25, 0.3) is 0 Å². The van der Waals surface area contributed by atoms with E-state index in [9.17, 15) is 9.59 Å². The Labute approximate surface area is 191 Å². The Hall–Kier alpha value is -4.38. The van der Waals surface area contributed by atoms with Crippen molar-refractivity contribution in [1.82, 2.24) is 10.9 Å². The normalized spacial score (nSPS) is 11.1. The number of carbonyl (C=O) groups excluding carboxylic acids is 2. The summed E-state index contributed by atoms with van der Waals surface area (Å²) in [6, 6.07) is 30.9. The van der Waals surface area contributed by atoms with Gasteiger partial charge < -0.3 is 4.42 Å². The fraction of sp³-hybridized carbons (Fsp3) is 0.0714. The lowest BCUT2D eigenvalue weighted by molar-refractivity contribution is -0.128. The highest BCUT2D eigenvalue weighted by atomic mass is 16.3. The van der Waals surface area contributed by atoms with E-state index in [1.807, 2.05) is 97.1 Å². The topological polar surface area (TPSA) is 71.3 Å². The molecule has 0 saturated carbocycles. The number of amides is 2. The first-order chi connectivity index (χ1) is 16.2. The molecule has 33 heavy (non-hydrogen) atoms. The van der Waals surface area contributed by atoms with Gasteiger partial charge in [0.2, 0.25) is 11.8 Å². The third-order valence-corrected chi connectivity index (χ3v) is 5.74. The minimum absolute atomic E-state index is 0.0859. The van der Waals surface area contributed by atoms with E-state index in [0.717, 1.165) is 38.4 Å². The van der Waals surface area contributed by atoms with Crippen LogP contribution in [0.15, 0.2) is 108 Å². The molecule has 2 amide bonds. The van der Waals surface area contributed by atoms with E-state index in [1.165, 1.54) is 0 Å². The molecule has 0 aliphatic carbocycles. The van der Waals surface area contributed by atoms with Crippen LogP contribution < -0.4 is 10.9 Å². The van der Waals surface area contributed by atoms with E-state index in [-0.39, 0.29) is 18.2 Å². The standard InChI is InChI=1S/C28H22N2O3/c31-25(17-22-18-33-24-16-15-19-9-7-8-14-23(19)27(22)24)29-30-28(32)26(20-10-3-1-4-11-20)21-12-5-2-6-13-21/h1-16,18,26H,17H2,(H,29,31)(H,30,32). The highest BCUT2D eigenvalue weighted by Gasteiger charge is 2.23. The van der Waals surface area contributed by atoms with Gasteiger partial charge in [-0.25, -0.2) is 0 Å². The summed E-state index contributed by atoms with van der Waals surface area (Å²) in [6.45, 7) is 0. The number of rotatable bonds is 5. The first kappa shape index (κ1) is 20.5. The minimum Gasteiger partial charge on any atom is -0.464 e. The maximum atomic E-state index is 13.1. The molecule has 0 aliphatic heterocycles. The second-order valence-corrected chi connectivity index (χ2v) is 7.89.